The predicted octanol–water partition coefficient (Wildman–Crippen LogP) is 6.80. The van der Waals surface area contributed by atoms with Crippen molar-refractivity contribution in [2.75, 3.05) is 5.32 Å². The number of imidazole rings is 1. The zero-order chi connectivity index (χ0) is 25.7. The molecule has 0 radical (unpaired) electrons. The molecule has 3 aromatic rings. The number of nitrogens with one attached hydrogen (secondary N) is 2. The Labute approximate surface area is 208 Å². The third-order valence-electron chi connectivity index (χ3n) is 7.40. The number of nitrogens with zero attached hydrogens (tertiary/aromatic N) is 2. The summed E-state index contributed by atoms with van der Waals surface area (Å²) >= 11 is 0. The van der Waals surface area contributed by atoms with Gasteiger partial charge in [0.1, 0.15) is 5.75 Å². The van der Waals surface area contributed by atoms with Gasteiger partial charge in [0.15, 0.2) is 0 Å². The van der Waals surface area contributed by atoms with Crippen molar-refractivity contribution in [2.45, 2.75) is 70.8 Å². The van der Waals surface area contributed by atoms with Crippen LogP contribution in [0.15, 0.2) is 42.5 Å². The highest BCUT2D eigenvalue weighted by Gasteiger charge is 2.44. The van der Waals surface area contributed by atoms with E-state index in [4.69, 9.17) is 4.98 Å². The number of hydrogen-bond donors (Lipinski definition) is 2. The summed E-state index contributed by atoms with van der Waals surface area (Å²) in [4.78, 5) is 16.1. The van der Waals surface area contributed by atoms with Crippen LogP contribution in [0.4, 0.5) is 24.8 Å². The molecule has 2 atom stereocenters. The summed E-state index contributed by atoms with van der Waals surface area (Å²) in [5.41, 5.74) is 3.33. The standard InChI is InChI=1S/C27H31F3N4O2/c1-17-12-20(15-25(2,3)14-17)34-23-9-4-18(26(10-11-26)31-16-35)13-22(23)33-24(34)32-19-5-7-21(8-6-19)36-27(28,29)30/h4-9,13,16-17,20H,10-12,14-15H2,1-3H3,(H,31,35)(H,32,33)/t17-,20+/m1/s1. The first-order valence-electron chi connectivity index (χ1n) is 12.3. The molecule has 1 heterocycles. The quantitative estimate of drug-likeness (QED) is 0.350. The topological polar surface area (TPSA) is 68.2 Å². The average molecular weight is 501 g/mol. The van der Waals surface area contributed by atoms with Gasteiger partial charge < -0.3 is 19.9 Å². The number of carbonyl (C=O) groups is 1. The Morgan fingerprint density at radius 3 is 2.44 bits per heavy atom. The lowest BCUT2D eigenvalue weighted by atomic mass is 9.70. The molecule has 2 fully saturated rings. The molecule has 36 heavy (non-hydrogen) atoms. The van der Waals surface area contributed by atoms with Crippen LogP contribution >= 0.6 is 0 Å². The van der Waals surface area contributed by atoms with Gasteiger partial charge in [0.2, 0.25) is 12.4 Å². The van der Waals surface area contributed by atoms with Crippen LogP contribution < -0.4 is 15.4 Å². The van der Waals surface area contributed by atoms with Gasteiger partial charge in [-0.3, -0.25) is 4.79 Å². The Balaban J connectivity index is 1.53. The van der Waals surface area contributed by atoms with Gasteiger partial charge in [-0.1, -0.05) is 26.8 Å². The number of aromatic nitrogens is 2. The number of halogens is 3. The first-order chi connectivity index (χ1) is 17.0. The van der Waals surface area contributed by atoms with Crippen molar-refractivity contribution in [3.63, 3.8) is 0 Å². The molecular formula is C27H31F3N4O2. The van der Waals surface area contributed by atoms with E-state index in [-0.39, 0.29) is 22.7 Å². The first kappa shape index (κ1) is 24.5. The second-order valence-corrected chi connectivity index (χ2v) is 11.1. The minimum atomic E-state index is -4.73. The van der Waals surface area contributed by atoms with Crippen molar-refractivity contribution in [3.05, 3.63) is 48.0 Å². The monoisotopic (exact) mass is 500 g/mol. The molecular weight excluding hydrogens is 469 g/mol. The number of amides is 1. The number of anilines is 2. The van der Waals surface area contributed by atoms with E-state index in [1.54, 1.807) is 12.1 Å². The van der Waals surface area contributed by atoms with Gasteiger partial charge in [-0.05, 0) is 85.4 Å². The molecule has 2 saturated carbocycles. The number of fused-ring (bicyclic) bond motifs is 1. The van der Waals surface area contributed by atoms with Crippen LogP contribution in [0.5, 0.6) is 5.75 Å². The first-order valence-corrected chi connectivity index (χ1v) is 12.3. The van der Waals surface area contributed by atoms with E-state index in [9.17, 15) is 18.0 Å². The van der Waals surface area contributed by atoms with Crippen LogP contribution in [0.1, 0.15) is 64.5 Å². The maximum Gasteiger partial charge on any atom is 0.573 e. The van der Waals surface area contributed by atoms with E-state index >= 15 is 0 Å². The molecule has 2 aliphatic rings. The SMILES string of the molecule is C[C@@H]1C[C@H](n2c(Nc3ccc(OC(F)(F)F)cc3)nc3cc(C4(NC=O)CC4)ccc32)CC(C)(C)C1. The lowest BCUT2D eigenvalue weighted by Crippen LogP contribution is -2.30. The molecule has 1 aromatic heterocycles. The van der Waals surface area contributed by atoms with Crippen LogP contribution in [-0.2, 0) is 10.3 Å². The maximum absolute atomic E-state index is 12.6. The number of benzene rings is 2. The van der Waals surface area contributed by atoms with E-state index in [0.717, 1.165) is 55.1 Å². The zero-order valence-corrected chi connectivity index (χ0v) is 20.7. The smallest absolute Gasteiger partial charge is 0.406 e. The van der Waals surface area contributed by atoms with Crippen LogP contribution in [-0.4, -0.2) is 22.3 Å². The minimum Gasteiger partial charge on any atom is -0.406 e. The van der Waals surface area contributed by atoms with Gasteiger partial charge in [0.05, 0.1) is 16.6 Å². The fourth-order valence-electron chi connectivity index (χ4n) is 5.97. The second kappa shape index (κ2) is 8.71. The van der Waals surface area contributed by atoms with Gasteiger partial charge in [-0.25, -0.2) is 4.98 Å². The molecule has 0 unspecified atom stereocenters. The zero-order valence-electron chi connectivity index (χ0n) is 20.7. The van der Waals surface area contributed by atoms with Crippen molar-refractivity contribution in [2.24, 2.45) is 11.3 Å². The molecule has 5 rings (SSSR count). The predicted molar refractivity (Wildman–Crippen MR) is 132 cm³/mol. The Hall–Kier alpha value is -3.23. The summed E-state index contributed by atoms with van der Waals surface area (Å²) in [6, 6.07) is 12.1. The lowest BCUT2D eigenvalue weighted by molar-refractivity contribution is -0.274. The Morgan fingerprint density at radius 1 is 1.11 bits per heavy atom. The molecule has 2 aliphatic carbocycles. The summed E-state index contributed by atoms with van der Waals surface area (Å²) in [6.45, 7) is 6.86. The van der Waals surface area contributed by atoms with Gasteiger partial charge in [0, 0.05) is 11.7 Å². The number of ether oxygens (including phenoxy) is 1. The summed E-state index contributed by atoms with van der Waals surface area (Å²) in [5, 5.41) is 6.29. The molecule has 0 aliphatic heterocycles. The van der Waals surface area contributed by atoms with E-state index in [1.807, 2.05) is 6.07 Å². The lowest BCUT2D eigenvalue weighted by Gasteiger charge is -2.40. The summed E-state index contributed by atoms with van der Waals surface area (Å²) in [6.07, 6.45) is 0.967. The van der Waals surface area contributed by atoms with Gasteiger partial charge in [0.25, 0.3) is 0 Å². The number of hydrogen-bond acceptors (Lipinski definition) is 4. The molecule has 2 N–H and O–H groups in total. The fourth-order valence-corrected chi connectivity index (χ4v) is 5.97. The molecule has 192 valence electrons. The molecule has 9 heteroatoms. The Bertz CT molecular complexity index is 1260. The van der Waals surface area contributed by atoms with Crippen molar-refractivity contribution in [3.8, 4) is 5.75 Å². The highest BCUT2D eigenvalue weighted by molar-refractivity contribution is 5.81. The summed E-state index contributed by atoms with van der Waals surface area (Å²) < 4.78 is 43.9. The van der Waals surface area contributed by atoms with Crippen LogP contribution in [0.25, 0.3) is 11.0 Å². The summed E-state index contributed by atoms with van der Waals surface area (Å²) in [7, 11) is 0. The van der Waals surface area contributed by atoms with Gasteiger partial charge in [-0.2, -0.15) is 0 Å². The highest BCUT2D eigenvalue weighted by Crippen LogP contribution is 2.48. The third-order valence-corrected chi connectivity index (χ3v) is 7.40. The van der Waals surface area contributed by atoms with Crippen molar-refractivity contribution >= 4 is 29.1 Å². The van der Waals surface area contributed by atoms with E-state index in [2.05, 4.69) is 52.8 Å². The number of alkyl halides is 3. The third kappa shape index (κ3) is 5.01. The normalized spacial score (nSPS) is 22.7. The van der Waals surface area contributed by atoms with E-state index in [0.29, 0.717) is 17.6 Å². The molecule has 1 amide bonds. The molecule has 2 aromatic carbocycles. The maximum atomic E-state index is 12.6. The highest BCUT2D eigenvalue weighted by atomic mass is 19.4. The minimum absolute atomic E-state index is 0.179. The van der Waals surface area contributed by atoms with Crippen LogP contribution in [0.3, 0.4) is 0 Å². The van der Waals surface area contributed by atoms with E-state index in [1.165, 1.54) is 12.1 Å². The van der Waals surface area contributed by atoms with Gasteiger partial charge in [-0.15, -0.1) is 13.2 Å². The van der Waals surface area contributed by atoms with Crippen molar-refractivity contribution in [1.29, 1.82) is 0 Å². The molecule has 0 saturated heterocycles. The van der Waals surface area contributed by atoms with Crippen molar-refractivity contribution < 1.29 is 22.7 Å². The largest absolute Gasteiger partial charge is 0.573 e. The summed E-state index contributed by atoms with van der Waals surface area (Å²) in [5.74, 6) is 0.926. The van der Waals surface area contributed by atoms with Crippen molar-refractivity contribution in [1.82, 2.24) is 14.9 Å². The molecule has 6 nitrogen and oxygen atoms in total. The van der Waals surface area contributed by atoms with Crippen LogP contribution in [0, 0.1) is 11.3 Å². The fraction of sp³-hybridized carbons (Fsp3) is 0.481. The van der Waals surface area contributed by atoms with Gasteiger partial charge >= 0.3 is 6.36 Å². The Kier molecular flexibility index (Phi) is 5.92. The molecule has 0 spiro atoms. The van der Waals surface area contributed by atoms with Crippen LogP contribution in [0.2, 0.25) is 0 Å². The average Bonchev–Trinajstić information content (AvgIpc) is 3.46. The molecule has 0 bridgehead atoms. The number of rotatable bonds is 7. The number of carbonyl (C=O) groups excluding carboxylic acids is 1. The van der Waals surface area contributed by atoms with E-state index < -0.39 is 6.36 Å². The second-order valence-electron chi connectivity index (χ2n) is 11.1. The Morgan fingerprint density at radius 2 is 1.83 bits per heavy atom.